The molecule has 9 heteroatoms. The molecule has 29 heavy (non-hydrogen) atoms. The van der Waals surface area contributed by atoms with E-state index in [0.717, 1.165) is 22.2 Å². The number of ether oxygens (including phenoxy) is 1. The first kappa shape index (κ1) is 20.8. The van der Waals surface area contributed by atoms with E-state index in [-0.39, 0.29) is 28.8 Å². The van der Waals surface area contributed by atoms with Crippen LogP contribution >= 0.6 is 23.4 Å². The van der Waals surface area contributed by atoms with Gasteiger partial charge < -0.3 is 15.2 Å². The van der Waals surface area contributed by atoms with Crippen LogP contribution in [0.4, 0.5) is 4.79 Å². The largest absolute Gasteiger partial charge is 0.506 e. The first-order valence-electron chi connectivity index (χ1n) is 8.51. The summed E-state index contributed by atoms with van der Waals surface area (Å²) in [6.07, 6.45) is 1.49. The van der Waals surface area contributed by atoms with Gasteiger partial charge in [-0.2, -0.15) is 0 Å². The minimum Gasteiger partial charge on any atom is -0.506 e. The van der Waals surface area contributed by atoms with Gasteiger partial charge in [0, 0.05) is 6.54 Å². The van der Waals surface area contributed by atoms with Crippen LogP contribution in [-0.2, 0) is 16.1 Å². The number of carbonyl (C=O) groups excluding carboxylic acids is 3. The Morgan fingerprint density at radius 2 is 1.97 bits per heavy atom. The molecule has 150 valence electrons. The van der Waals surface area contributed by atoms with E-state index in [2.05, 4.69) is 5.32 Å². The molecular formula is C20H17ClN2O5S. The maximum Gasteiger partial charge on any atom is 0.294 e. The summed E-state index contributed by atoms with van der Waals surface area (Å²) in [5, 5.41) is 11.8. The number of hydrogen-bond donors (Lipinski definition) is 2. The predicted octanol–water partition coefficient (Wildman–Crippen LogP) is 3.41. The van der Waals surface area contributed by atoms with Crippen molar-refractivity contribution in [2.24, 2.45) is 0 Å². The number of phenolic OH excluding ortho intramolecular Hbond substituents is 1. The van der Waals surface area contributed by atoms with Crippen molar-refractivity contribution in [2.75, 3.05) is 13.7 Å². The SMILES string of the molecule is COc1ccc(CNC(=O)CN2C(=O)S/C(=C\c3ccc(O)c(Cl)c3)C2=O)cc1. The topological polar surface area (TPSA) is 95.9 Å². The quantitative estimate of drug-likeness (QED) is 0.679. The number of halogens is 1. The minimum atomic E-state index is -0.552. The van der Waals surface area contributed by atoms with Crippen molar-refractivity contribution in [1.82, 2.24) is 10.2 Å². The fraction of sp³-hybridized carbons (Fsp3) is 0.150. The third kappa shape index (κ3) is 5.10. The highest BCUT2D eigenvalue weighted by Gasteiger charge is 2.36. The molecule has 0 aliphatic carbocycles. The van der Waals surface area contributed by atoms with Crippen LogP contribution in [0.2, 0.25) is 5.02 Å². The van der Waals surface area contributed by atoms with Gasteiger partial charge in [-0.15, -0.1) is 0 Å². The van der Waals surface area contributed by atoms with Crippen LogP contribution in [0, 0.1) is 0 Å². The zero-order chi connectivity index (χ0) is 21.0. The Morgan fingerprint density at radius 1 is 1.24 bits per heavy atom. The maximum atomic E-state index is 12.5. The van der Waals surface area contributed by atoms with Crippen molar-refractivity contribution in [3.63, 3.8) is 0 Å². The molecular weight excluding hydrogens is 416 g/mol. The molecule has 0 saturated carbocycles. The molecule has 3 rings (SSSR count). The van der Waals surface area contributed by atoms with Gasteiger partial charge in [-0.3, -0.25) is 19.3 Å². The van der Waals surface area contributed by atoms with Crippen molar-refractivity contribution < 1.29 is 24.2 Å². The van der Waals surface area contributed by atoms with Gasteiger partial charge in [-0.1, -0.05) is 29.8 Å². The first-order chi connectivity index (χ1) is 13.9. The predicted molar refractivity (Wildman–Crippen MR) is 111 cm³/mol. The van der Waals surface area contributed by atoms with Gasteiger partial charge in [0.25, 0.3) is 11.1 Å². The molecule has 7 nitrogen and oxygen atoms in total. The average Bonchev–Trinajstić information content (AvgIpc) is 2.97. The average molecular weight is 433 g/mol. The highest BCUT2D eigenvalue weighted by Crippen LogP contribution is 2.33. The summed E-state index contributed by atoms with van der Waals surface area (Å²) in [6, 6.07) is 11.6. The van der Waals surface area contributed by atoms with Crippen LogP contribution in [0.25, 0.3) is 6.08 Å². The standard InChI is InChI=1S/C20H17ClN2O5S/c1-28-14-5-2-12(3-6-14)10-22-18(25)11-23-19(26)17(29-20(23)27)9-13-4-7-16(24)15(21)8-13/h2-9,24H,10-11H2,1H3,(H,22,25)/b17-9-. The van der Waals surface area contributed by atoms with Crippen LogP contribution in [0.5, 0.6) is 11.5 Å². The zero-order valence-corrected chi connectivity index (χ0v) is 16.9. The Hall–Kier alpha value is -2.97. The second-order valence-corrected chi connectivity index (χ2v) is 7.50. The van der Waals surface area contributed by atoms with Gasteiger partial charge >= 0.3 is 0 Å². The minimum absolute atomic E-state index is 0.0783. The molecule has 1 fully saturated rings. The number of rotatable bonds is 6. The zero-order valence-electron chi connectivity index (χ0n) is 15.3. The van der Waals surface area contributed by atoms with Gasteiger partial charge in [0.15, 0.2) is 0 Å². The number of benzene rings is 2. The molecule has 0 atom stereocenters. The number of thioether (sulfide) groups is 1. The van der Waals surface area contributed by atoms with E-state index in [1.807, 2.05) is 12.1 Å². The van der Waals surface area contributed by atoms with Crippen molar-refractivity contribution >= 4 is 46.5 Å². The van der Waals surface area contributed by atoms with E-state index < -0.39 is 17.1 Å². The second kappa shape index (κ2) is 9.02. The van der Waals surface area contributed by atoms with Gasteiger partial charge in [0.2, 0.25) is 5.91 Å². The second-order valence-electron chi connectivity index (χ2n) is 6.10. The molecule has 2 aromatic rings. The molecule has 0 spiro atoms. The number of imide groups is 1. The van der Waals surface area contributed by atoms with E-state index in [1.54, 1.807) is 25.3 Å². The maximum absolute atomic E-state index is 12.5. The Labute approximate surface area is 176 Å². The smallest absolute Gasteiger partial charge is 0.294 e. The fourth-order valence-corrected chi connectivity index (χ4v) is 3.57. The number of carbonyl (C=O) groups is 3. The lowest BCUT2D eigenvalue weighted by atomic mass is 10.2. The van der Waals surface area contributed by atoms with Crippen molar-refractivity contribution in [1.29, 1.82) is 0 Å². The van der Waals surface area contributed by atoms with Crippen molar-refractivity contribution in [3.05, 3.63) is 63.5 Å². The Bertz CT molecular complexity index is 991. The highest BCUT2D eigenvalue weighted by molar-refractivity contribution is 8.18. The van der Waals surface area contributed by atoms with Gasteiger partial charge in [0.05, 0.1) is 17.0 Å². The third-order valence-electron chi connectivity index (χ3n) is 4.09. The van der Waals surface area contributed by atoms with Gasteiger partial charge in [-0.25, -0.2) is 0 Å². The van der Waals surface area contributed by atoms with Crippen LogP contribution in [0.15, 0.2) is 47.4 Å². The highest BCUT2D eigenvalue weighted by atomic mass is 35.5. The lowest BCUT2D eigenvalue weighted by Gasteiger charge is -2.12. The molecule has 1 saturated heterocycles. The van der Waals surface area contributed by atoms with E-state index in [9.17, 15) is 19.5 Å². The van der Waals surface area contributed by atoms with Gasteiger partial charge in [0.1, 0.15) is 18.0 Å². The summed E-state index contributed by atoms with van der Waals surface area (Å²) in [5.74, 6) is -0.370. The Balaban J connectivity index is 1.60. The number of aromatic hydroxyl groups is 1. The number of nitrogens with one attached hydrogen (secondary N) is 1. The van der Waals surface area contributed by atoms with E-state index in [4.69, 9.17) is 16.3 Å². The number of methoxy groups -OCH3 is 1. The summed E-state index contributed by atoms with van der Waals surface area (Å²) < 4.78 is 5.08. The summed E-state index contributed by atoms with van der Waals surface area (Å²) in [6.45, 7) is -0.102. The summed E-state index contributed by atoms with van der Waals surface area (Å²) in [4.78, 5) is 37.9. The summed E-state index contributed by atoms with van der Waals surface area (Å²) >= 11 is 6.60. The molecule has 2 aromatic carbocycles. The fourth-order valence-electron chi connectivity index (χ4n) is 2.54. The molecule has 1 aliphatic rings. The molecule has 0 aromatic heterocycles. The van der Waals surface area contributed by atoms with Gasteiger partial charge in [-0.05, 0) is 53.2 Å². The Morgan fingerprint density at radius 3 is 2.62 bits per heavy atom. The molecule has 1 heterocycles. The molecule has 0 bridgehead atoms. The molecule has 0 radical (unpaired) electrons. The summed E-state index contributed by atoms with van der Waals surface area (Å²) in [7, 11) is 1.57. The Kier molecular flexibility index (Phi) is 6.46. The van der Waals surface area contributed by atoms with Crippen LogP contribution in [0.1, 0.15) is 11.1 Å². The first-order valence-corrected chi connectivity index (χ1v) is 9.70. The molecule has 0 unspecified atom stereocenters. The lowest BCUT2D eigenvalue weighted by molar-refractivity contribution is -0.129. The molecule has 2 N–H and O–H groups in total. The van der Waals surface area contributed by atoms with E-state index >= 15 is 0 Å². The number of nitrogens with zero attached hydrogens (tertiary/aromatic N) is 1. The lowest BCUT2D eigenvalue weighted by Crippen LogP contribution is -2.39. The number of amides is 3. The van der Waals surface area contributed by atoms with Crippen LogP contribution in [0.3, 0.4) is 0 Å². The van der Waals surface area contributed by atoms with E-state index in [1.165, 1.54) is 18.2 Å². The normalized spacial score (nSPS) is 15.1. The third-order valence-corrected chi connectivity index (χ3v) is 5.30. The monoisotopic (exact) mass is 432 g/mol. The number of hydrogen-bond acceptors (Lipinski definition) is 6. The van der Waals surface area contributed by atoms with E-state index in [0.29, 0.717) is 11.3 Å². The van der Waals surface area contributed by atoms with Crippen molar-refractivity contribution in [3.8, 4) is 11.5 Å². The van der Waals surface area contributed by atoms with Crippen LogP contribution < -0.4 is 10.1 Å². The van der Waals surface area contributed by atoms with Crippen LogP contribution in [-0.4, -0.2) is 40.7 Å². The number of phenols is 1. The summed E-state index contributed by atoms with van der Waals surface area (Å²) in [5.41, 5.74) is 1.42. The molecule has 1 aliphatic heterocycles. The molecule has 3 amide bonds. The van der Waals surface area contributed by atoms with Crippen molar-refractivity contribution in [2.45, 2.75) is 6.54 Å².